The Morgan fingerprint density at radius 3 is 2.58 bits per heavy atom. The Kier molecular flexibility index (Phi) is 7.05. The van der Waals surface area contributed by atoms with Crippen LogP contribution in [-0.4, -0.2) is 65.9 Å². The van der Waals surface area contributed by atoms with Crippen LogP contribution in [0.3, 0.4) is 0 Å². The van der Waals surface area contributed by atoms with Gasteiger partial charge < -0.3 is 25.4 Å². The third kappa shape index (κ3) is 5.49. The molecule has 0 spiro atoms. The van der Waals surface area contributed by atoms with Crippen molar-refractivity contribution in [1.29, 1.82) is 0 Å². The fourth-order valence-corrected chi connectivity index (χ4v) is 3.04. The molecule has 2 aliphatic rings. The zero-order valence-electron chi connectivity index (χ0n) is 14.5. The van der Waals surface area contributed by atoms with Gasteiger partial charge in [-0.1, -0.05) is 12.2 Å². The van der Waals surface area contributed by atoms with Crippen LogP contribution in [0.1, 0.15) is 39.5 Å². The van der Waals surface area contributed by atoms with Crippen molar-refractivity contribution in [2.24, 2.45) is 0 Å². The van der Waals surface area contributed by atoms with Gasteiger partial charge in [0.2, 0.25) is 5.91 Å². The Morgan fingerprint density at radius 1 is 1.25 bits per heavy atom. The van der Waals surface area contributed by atoms with Gasteiger partial charge in [0.25, 0.3) is 0 Å². The average molecular weight is 339 g/mol. The highest BCUT2D eigenvalue weighted by Gasteiger charge is 2.30. The highest BCUT2D eigenvalue weighted by atomic mass is 16.5. The summed E-state index contributed by atoms with van der Waals surface area (Å²) in [6.45, 7) is 5.17. The first kappa shape index (κ1) is 18.7. The van der Waals surface area contributed by atoms with E-state index in [2.05, 4.69) is 10.6 Å². The van der Waals surface area contributed by atoms with Crippen molar-refractivity contribution in [1.82, 2.24) is 15.5 Å². The number of aliphatic hydroxyl groups is 1. The Balaban J connectivity index is 1.87. The molecule has 0 radical (unpaired) electrons. The molecule has 1 fully saturated rings. The summed E-state index contributed by atoms with van der Waals surface area (Å²) >= 11 is 0. The van der Waals surface area contributed by atoms with Crippen LogP contribution in [0, 0.1) is 0 Å². The van der Waals surface area contributed by atoms with Crippen molar-refractivity contribution in [3.05, 3.63) is 12.2 Å². The van der Waals surface area contributed by atoms with Gasteiger partial charge in [-0.3, -0.25) is 4.79 Å². The quantitative estimate of drug-likeness (QED) is 0.646. The molecule has 7 heteroatoms. The second kappa shape index (κ2) is 9.03. The average Bonchev–Trinajstić information content (AvgIpc) is 2.56. The van der Waals surface area contributed by atoms with Crippen LogP contribution in [0.25, 0.3) is 0 Å². The molecule has 0 aromatic carbocycles. The highest BCUT2D eigenvalue weighted by molar-refractivity contribution is 5.77. The Bertz CT molecular complexity index is 461. The van der Waals surface area contributed by atoms with E-state index in [1.54, 1.807) is 12.2 Å². The first-order chi connectivity index (χ1) is 11.5. The molecule has 2 rings (SSSR count). The van der Waals surface area contributed by atoms with Crippen LogP contribution >= 0.6 is 0 Å². The molecule has 0 bridgehead atoms. The van der Waals surface area contributed by atoms with Crippen molar-refractivity contribution in [3.63, 3.8) is 0 Å². The molecule has 0 saturated carbocycles. The Morgan fingerprint density at radius 2 is 1.96 bits per heavy atom. The molecule has 2 heterocycles. The molecule has 2 aliphatic heterocycles. The van der Waals surface area contributed by atoms with Gasteiger partial charge in [-0.05, 0) is 33.1 Å². The zero-order valence-corrected chi connectivity index (χ0v) is 14.5. The molecule has 3 atom stereocenters. The number of amides is 3. The predicted molar refractivity (Wildman–Crippen MR) is 90.5 cm³/mol. The molecule has 3 amide bonds. The van der Waals surface area contributed by atoms with Crippen LogP contribution in [0.4, 0.5) is 4.79 Å². The van der Waals surface area contributed by atoms with Gasteiger partial charge in [-0.2, -0.15) is 0 Å². The maximum atomic E-state index is 12.3. The van der Waals surface area contributed by atoms with Gasteiger partial charge in [0.15, 0.2) is 0 Å². The van der Waals surface area contributed by atoms with Crippen molar-refractivity contribution < 1.29 is 19.4 Å². The Hall–Kier alpha value is -1.60. The monoisotopic (exact) mass is 339 g/mol. The predicted octanol–water partition coefficient (Wildman–Crippen LogP) is 0.781. The van der Waals surface area contributed by atoms with Crippen LogP contribution in [0.15, 0.2) is 12.2 Å². The lowest BCUT2D eigenvalue weighted by atomic mass is 10.0. The van der Waals surface area contributed by atoms with Crippen molar-refractivity contribution in [2.75, 3.05) is 19.7 Å². The summed E-state index contributed by atoms with van der Waals surface area (Å²) in [7, 11) is 0. The zero-order chi connectivity index (χ0) is 17.5. The van der Waals surface area contributed by atoms with Gasteiger partial charge in [0.1, 0.15) is 6.10 Å². The van der Waals surface area contributed by atoms with E-state index in [-0.39, 0.29) is 37.1 Å². The molecule has 0 aromatic rings. The molecule has 0 unspecified atom stereocenters. The summed E-state index contributed by atoms with van der Waals surface area (Å²) in [6.07, 6.45) is 6.27. The summed E-state index contributed by atoms with van der Waals surface area (Å²) < 4.78 is 5.79. The van der Waals surface area contributed by atoms with Crippen LogP contribution in [0.5, 0.6) is 0 Å². The lowest BCUT2D eigenvalue weighted by Gasteiger charge is -2.33. The summed E-state index contributed by atoms with van der Waals surface area (Å²) in [6, 6.07) is -0.680. The molecular formula is C17H29N3O4. The van der Waals surface area contributed by atoms with E-state index in [0.717, 1.165) is 25.9 Å². The van der Waals surface area contributed by atoms with E-state index in [9.17, 15) is 14.7 Å². The minimum atomic E-state index is -0.549. The second-order valence-corrected chi connectivity index (χ2v) is 6.72. The molecule has 1 saturated heterocycles. The number of rotatable bonds is 5. The van der Waals surface area contributed by atoms with Crippen LogP contribution in [0.2, 0.25) is 0 Å². The van der Waals surface area contributed by atoms with Gasteiger partial charge in [0.05, 0.1) is 25.2 Å². The SMILES string of the molecule is CC(C)NC(=O)N[C@@H]1C=C[C@H](CC(=O)N2CCCCC2)O[C@H]1CO. The van der Waals surface area contributed by atoms with E-state index in [1.807, 2.05) is 18.7 Å². The largest absolute Gasteiger partial charge is 0.394 e. The van der Waals surface area contributed by atoms with Gasteiger partial charge in [0, 0.05) is 19.1 Å². The summed E-state index contributed by atoms with van der Waals surface area (Å²) in [4.78, 5) is 26.0. The first-order valence-corrected chi connectivity index (χ1v) is 8.79. The number of ether oxygens (including phenoxy) is 1. The number of carbonyl (C=O) groups excluding carboxylic acids is 2. The fraction of sp³-hybridized carbons (Fsp3) is 0.765. The number of likely N-dealkylation sites (tertiary alicyclic amines) is 1. The minimum Gasteiger partial charge on any atom is -0.394 e. The van der Waals surface area contributed by atoms with E-state index in [4.69, 9.17) is 4.74 Å². The Labute approximate surface area is 143 Å². The maximum Gasteiger partial charge on any atom is 0.315 e. The van der Waals surface area contributed by atoms with E-state index < -0.39 is 12.1 Å². The van der Waals surface area contributed by atoms with Crippen LogP contribution in [-0.2, 0) is 9.53 Å². The van der Waals surface area contributed by atoms with Crippen LogP contribution < -0.4 is 10.6 Å². The summed E-state index contributed by atoms with van der Waals surface area (Å²) in [5, 5.41) is 15.0. The third-order valence-electron chi connectivity index (χ3n) is 4.27. The van der Waals surface area contributed by atoms with E-state index in [0.29, 0.717) is 0 Å². The molecule has 136 valence electrons. The number of piperidine rings is 1. The molecule has 0 aliphatic carbocycles. The molecule has 0 aromatic heterocycles. The minimum absolute atomic E-state index is 0.0287. The highest BCUT2D eigenvalue weighted by Crippen LogP contribution is 2.18. The van der Waals surface area contributed by atoms with Crippen molar-refractivity contribution in [3.8, 4) is 0 Å². The number of urea groups is 1. The summed E-state index contributed by atoms with van der Waals surface area (Å²) in [5.74, 6) is 0.0880. The van der Waals surface area contributed by atoms with Gasteiger partial charge in [-0.25, -0.2) is 4.79 Å². The number of aliphatic hydroxyl groups excluding tert-OH is 1. The smallest absolute Gasteiger partial charge is 0.315 e. The molecule has 24 heavy (non-hydrogen) atoms. The van der Waals surface area contributed by atoms with Crippen molar-refractivity contribution in [2.45, 2.75) is 63.8 Å². The third-order valence-corrected chi connectivity index (χ3v) is 4.27. The number of hydrogen-bond donors (Lipinski definition) is 3. The molecule has 7 nitrogen and oxygen atoms in total. The molecule has 3 N–H and O–H groups in total. The van der Waals surface area contributed by atoms with E-state index >= 15 is 0 Å². The van der Waals surface area contributed by atoms with E-state index in [1.165, 1.54) is 6.42 Å². The van der Waals surface area contributed by atoms with Gasteiger partial charge >= 0.3 is 6.03 Å². The topological polar surface area (TPSA) is 90.9 Å². The molecular weight excluding hydrogens is 310 g/mol. The van der Waals surface area contributed by atoms with Gasteiger partial charge in [-0.15, -0.1) is 0 Å². The normalized spacial score (nSPS) is 27.2. The fourth-order valence-electron chi connectivity index (χ4n) is 3.04. The standard InChI is InChI=1S/C17H29N3O4/c1-12(2)18-17(23)19-14-7-6-13(24-15(14)11-21)10-16(22)20-8-4-3-5-9-20/h6-7,12-15,21H,3-5,8-11H2,1-2H3,(H2,18,19,23)/t13-,14-,15+/m1/s1. The number of hydrogen-bond acceptors (Lipinski definition) is 4. The number of carbonyl (C=O) groups is 2. The lowest BCUT2D eigenvalue weighted by molar-refractivity contribution is -0.136. The number of nitrogens with one attached hydrogen (secondary N) is 2. The van der Waals surface area contributed by atoms with Crippen molar-refractivity contribution >= 4 is 11.9 Å². The first-order valence-electron chi connectivity index (χ1n) is 8.79. The second-order valence-electron chi connectivity index (χ2n) is 6.72. The number of nitrogens with zero attached hydrogens (tertiary/aromatic N) is 1. The lowest BCUT2D eigenvalue weighted by Crippen LogP contribution is -2.52. The summed E-state index contributed by atoms with van der Waals surface area (Å²) in [5.41, 5.74) is 0. The maximum absolute atomic E-state index is 12.3.